The summed E-state index contributed by atoms with van der Waals surface area (Å²) in [5, 5.41) is 18.3. The molecule has 0 aromatic carbocycles. The molecule has 2 atom stereocenters. The van der Waals surface area contributed by atoms with E-state index in [0.29, 0.717) is 6.08 Å². The third-order valence-corrected chi connectivity index (χ3v) is 6.53. The van der Waals surface area contributed by atoms with Gasteiger partial charge in [-0.25, -0.2) is 9.82 Å². The van der Waals surface area contributed by atoms with Gasteiger partial charge in [0, 0.05) is 11.8 Å². The first-order chi connectivity index (χ1) is 12.5. The van der Waals surface area contributed by atoms with E-state index in [-0.39, 0.29) is 17.1 Å². The molecule has 0 spiro atoms. The number of nitrogens with one attached hydrogen (secondary N) is 1. The van der Waals surface area contributed by atoms with Gasteiger partial charge in [-0.05, 0) is 18.6 Å². The largest absolute Gasteiger partial charge is 0.382 e. The van der Waals surface area contributed by atoms with Crippen LogP contribution in [0.2, 0.25) is 0 Å². The second kappa shape index (κ2) is 5.50. The molecule has 1 heterocycles. The number of allylic oxidation sites excluding steroid dienone is 4. The minimum atomic E-state index is -9.91. The Bertz CT molecular complexity index is 1070. The lowest BCUT2D eigenvalue weighted by Crippen LogP contribution is -2.48. The van der Waals surface area contributed by atoms with Crippen LogP contribution >= 0.6 is 10.2 Å². The Morgan fingerprint density at radius 3 is 2.24 bits per heavy atom. The maximum Gasteiger partial charge on any atom is 0.307 e. The van der Waals surface area contributed by atoms with E-state index in [1.165, 1.54) is 13.8 Å². The molecule has 1 aromatic rings. The summed E-state index contributed by atoms with van der Waals surface area (Å²) >= 11 is 0. The standard InChI is InChI=1S/C14H21F5N6O2S2/c1-7-5-11(29(15,16,17,18)19)8(2)9(3)13(7)25-14(21)12(10(6-20)23-25)24-28(4,22,26)27/h5,8-9H,21H2,1-4H3,(H4,22,24,26,27). The summed E-state index contributed by atoms with van der Waals surface area (Å²) in [5.41, 5.74) is 4.87. The number of halogens is 5. The molecule has 1 aromatic heterocycles. The number of nitrogen functional groups attached to an aromatic ring is 1. The minimum absolute atomic E-state index is 0.0276. The van der Waals surface area contributed by atoms with Crippen LogP contribution in [0, 0.1) is 23.2 Å². The lowest BCUT2D eigenvalue weighted by atomic mass is 9.85. The Morgan fingerprint density at radius 2 is 1.83 bits per heavy atom. The molecule has 0 fully saturated rings. The van der Waals surface area contributed by atoms with Gasteiger partial charge < -0.3 is 5.73 Å². The molecule has 1 aliphatic rings. The molecule has 29 heavy (non-hydrogen) atoms. The number of hydrogen-bond donors (Lipinski definition) is 4. The van der Waals surface area contributed by atoms with Crippen molar-refractivity contribution in [2.24, 2.45) is 17.0 Å². The minimum Gasteiger partial charge on any atom is -0.382 e. The summed E-state index contributed by atoms with van der Waals surface area (Å²) in [6.07, 6.45) is 1.08. The predicted molar refractivity (Wildman–Crippen MR) is 104 cm³/mol. The van der Waals surface area contributed by atoms with E-state index in [2.05, 4.69) is 5.10 Å². The summed E-state index contributed by atoms with van der Waals surface area (Å²) in [6, 6.07) is 1.63. The maximum atomic E-state index is 13.4. The highest BCUT2D eigenvalue weighted by Gasteiger charge is 2.69. The SMILES string of the molecule is CC1=C(n2nc(C#N)c(NS(C)(N)(=O)O)c2N)C(C)C(C)C(S(F)(F)(F)(F)F)=C1. The van der Waals surface area contributed by atoms with Gasteiger partial charge in [-0.2, -0.15) is 14.6 Å². The van der Waals surface area contributed by atoms with Crippen LogP contribution in [0.4, 0.5) is 30.9 Å². The fourth-order valence-corrected chi connectivity index (χ4v) is 5.13. The fourth-order valence-electron chi connectivity index (χ4n) is 3.13. The fraction of sp³-hybridized carbons (Fsp3) is 0.429. The first-order valence-electron chi connectivity index (χ1n) is 7.95. The number of nitrogens with two attached hydrogens (primary N) is 2. The Hall–Kier alpha value is -2.15. The van der Waals surface area contributed by atoms with Crippen LogP contribution in [0.5, 0.6) is 0 Å². The number of nitriles is 1. The second-order valence-corrected chi connectivity index (χ2v) is 12.6. The van der Waals surface area contributed by atoms with E-state index >= 15 is 0 Å². The first kappa shape index (κ1) is 23.1. The lowest BCUT2D eigenvalue weighted by Gasteiger charge is -2.47. The number of nitrogens with zero attached hydrogens (tertiary/aromatic N) is 3. The van der Waals surface area contributed by atoms with E-state index in [1.54, 1.807) is 6.07 Å². The molecule has 0 saturated carbocycles. The van der Waals surface area contributed by atoms with E-state index in [1.807, 2.05) is 4.72 Å². The molecule has 0 bridgehead atoms. The normalized spacial score (nSPS) is 24.6. The van der Waals surface area contributed by atoms with Gasteiger partial charge in [0.25, 0.3) is 0 Å². The number of anilines is 2. The third-order valence-electron chi connectivity index (χ3n) is 4.44. The predicted octanol–water partition coefficient (Wildman–Crippen LogP) is 4.16. The molecule has 15 heteroatoms. The van der Waals surface area contributed by atoms with Crippen LogP contribution in [0.25, 0.3) is 5.70 Å². The van der Waals surface area contributed by atoms with Crippen LogP contribution in [0.1, 0.15) is 26.5 Å². The van der Waals surface area contributed by atoms with E-state index in [9.17, 15) is 33.5 Å². The zero-order valence-corrected chi connectivity index (χ0v) is 17.4. The van der Waals surface area contributed by atoms with Gasteiger partial charge in [0.1, 0.15) is 11.8 Å². The van der Waals surface area contributed by atoms with Crippen molar-refractivity contribution < 1.29 is 28.2 Å². The zero-order chi connectivity index (χ0) is 22.9. The Labute approximate surface area is 163 Å². The zero-order valence-electron chi connectivity index (χ0n) is 15.8. The highest BCUT2D eigenvalue weighted by atomic mass is 32.5. The van der Waals surface area contributed by atoms with Gasteiger partial charge in [-0.3, -0.25) is 9.27 Å². The monoisotopic (exact) mass is 464 g/mol. The smallest absolute Gasteiger partial charge is 0.307 e. The van der Waals surface area contributed by atoms with Crippen molar-refractivity contribution in [1.82, 2.24) is 9.78 Å². The van der Waals surface area contributed by atoms with Crippen molar-refractivity contribution in [3.05, 3.63) is 22.2 Å². The Kier molecular flexibility index (Phi) is 4.39. The van der Waals surface area contributed by atoms with Crippen molar-refractivity contribution in [3.63, 3.8) is 0 Å². The van der Waals surface area contributed by atoms with Gasteiger partial charge in [0.2, 0.25) is 0 Å². The molecule has 0 radical (unpaired) electrons. The van der Waals surface area contributed by atoms with Crippen LogP contribution < -0.4 is 15.6 Å². The van der Waals surface area contributed by atoms with Crippen molar-refractivity contribution in [2.75, 3.05) is 16.7 Å². The quantitative estimate of drug-likeness (QED) is 0.495. The molecule has 0 saturated heterocycles. The van der Waals surface area contributed by atoms with E-state index < -0.39 is 48.1 Å². The average molecular weight is 464 g/mol. The highest BCUT2D eigenvalue weighted by molar-refractivity contribution is 8.48. The molecule has 2 unspecified atom stereocenters. The lowest BCUT2D eigenvalue weighted by molar-refractivity contribution is 0.360. The van der Waals surface area contributed by atoms with Crippen LogP contribution in [-0.2, 0) is 9.72 Å². The van der Waals surface area contributed by atoms with E-state index in [0.717, 1.165) is 17.9 Å². The van der Waals surface area contributed by atoms with Gasteiger partial charge >= 0.3 is 10.2 Å². The summed E-state index contributed by atoms with van der Waals surface area (Å²) in [6.45, 7) is 3.44. The van der Waals surface area contributed by atoms with Crippen LogP contribution in [0.15, 0.2) is 16.6 Å². The van der Waals surface area contributed by atoms with Crippen molar-refractivity contribution in [3.8, 4) is 6.07 Å². The maximum absolute atomic E-state index is 13.4. The molecular weight excluding hydrogens is 443 g/mol. The summed E-state index contributed by atoms with van der Waals surface area (Å²) in [5.74, 6) is -3.17. The summed E-state index contributed by atoms with van der Waals surface area (Å²) < 4.78 is 91.5. The molecule has 0 aliphatic heterocycles. The van der Waals surface area contributed by atoms with E-state index in [4.69, 9.17) is 10.9 Å². The summed E-state index contributed by atoms with van der Waals surface area (Å²) in [7, 11) is -14.8. The van der Waals surface area contributed by atoms with Gasteiger partial charge in [0.15, 0.2) is 11.5 Å². The van der Waals surface area contributed by atoms with Crippen molar-refractivity contribution in [2.45, 2.75) is 20.8 Å². The molecule has 166 valence electrons. The second-order valence-electron chi connectivity index (χ2n) is 7.25. The highest BCUT2D eigenvalue weighted by Crippen LogP contribution is 3.03. The van der Waals surface area contributed by atoms with Crippen LogP contribution in [-0.4, -0.2) is 24.8 Å². The molecule has 0 amide bonds. The molecule has 8 nitrogen and oxygen atoms in total. The third kappa shape index (κ3) is 4.71. The summed E-state index contributed by atoms with van der Waals surface area (Å²) in [4.78, 5) is -1.92. The molecule has 6 N–H and O–H groups in total. The topological polar surface area (TPSA) is 143 Å². The van der Waals surface area contributed by atoms with Gasteiger partial charge in [-0.15, -0.1) is 0 Å². The van der Waals surface area contributed by atoms with Crippen molar-refractivity contribution in [1.29, 1.82) is 5.26 Å². The van der Waals surface area contributed by atoms with Gasteiger partial charge in [0.05, 0.1) is 16.9 Å². The average Bonchev–Trinajstić information content (AvgIpc) is 2.75. The Morgan fingerprint density at radius 1 is 1.31 bits per heavy atom. The van der Waals surface area contributed by atoms with Crippen molar-refractivity contribution >= 4 is 37.1 Å². The Balaban J connectivity index is 2.77. The number of rotatable bonds is 4. The number of hydrogen-bond acceptors (Lipinski definition) is 4. The molecular formula is C14H21F5N6O2S2. The molecule has 1 aliphatic carbocycles. The van der Waals surface area contributed by atoms with Gasteiger partial charge in [-0.1, -0.05) is 43.0 Å². The molecule has 2 rings (SSSR count). The number of aromatic nitrogens is 2. The first-order valence-corrected chi connectivity index (χ1v) is 12.3. The van der Waals surface area contributed by atoms with Crippen LogP contribution in [0.3, 0.4) is 0 Å².